The first-order valence-corrected chi connectivity index (χ1v) is 10.6. The molecule has 0 spiro atoms. The predicted octanol–water partition coefficient (Wildman–Crippen LogP) is 0.932. The van der Waals surface area contributed by atoms with Crippen LogP contribution in [0.15, 0.2) is 24.3 Å². The van der Waals surface area contributed by atoms with E-state index < -0.39 is 0 Å². The maximum Gasteiger partial charge on any atom is 0.274 e. The molecule has 0 saturated carbocycles. The number of nitrogens with one attached hydrogen (secondary N) is 1. The molecule has 0 bridgehead atoms. The largest absolute Gasteiger partial charge is 0.484 e. The maximum atomic E-state index is 13.0. The van der Waals surface area contributed by atoms with Crippen LogP contribution in [0.2, 0.25) is 0 Å². The molecule has 1 aromatic carbocycles. The van der Waals surface area contributed by atoms with Gasteiger partial charge in [0.1, 0.15) is 5.75 Å². The first kappa shape index (κ1) is 21.3. The van der Waals surface area contributed by atoms with Gasteiger partial charge in [-0.25, -0.2) is 0 Å². The van der Waals surface area contributed by atoms with Crippen molar-refractivity contribution in [2.24, 2.45) is 0 Å². The molecule has 4 rings (SSSR count). The van der Waals surface area contributed by atoms with Crippen LogP contribution in [0.3, 0.4) is 0 Å². The van der Waals surface area contributed by atoms with Crippen LogP contribution in [-0.4, -0.2) is 72.6 Å². The summed E-state index contributed by atoms with van der Waals surface area (Å²) in [5, 5.41) is 7.45. The van der Waals surface area contributed by atoms with E-state index in [-0.39, 0.29) is 18.4 Å². The summed E-state index contributed by atoms with van der Waals surface area (Å²) in [7, 11) is 0. The Morgan fingerprint density at radius 2 is 2.03 bits per heavy atom. The molecular weight excluding hydrogens is 400 g/mol. The Kier molecular flexibility index (Phi) is 6.83. The Bertz CT molecular complexity index is 936. The average molecular weight is 428 g/mol. The molecule has 0 radical (unpaired) electrons. The highest BCUT2D eigenvalue weighted by atomic mass is 16.5. The van der Waals surface area contributed by atoms with E-state index in [0.29, 0.717) is 70.5 Å². The van der Waals surface area contributed by atoms with Crippen LogP contribution in [0.25, 0.3) is 0 Å². The zero-order valence-electron chi connectivity index (χ0n) is 17.8. The number of hydrogen-bond donors (Lipinski definition) is 1. The van der Waals surface area contributed by atoms with E-state index in [1.54, 1.807) is 4.90 Å². The second-order valence-electron chi connectivity index (χ2n) is 7.66. The molecule has 31 heavy (non-hydrogen) atoms. The Morgan fingerprint density at radius 3 is 2.84 bits per heavy atom. The van der Waals surface area contributed by atoms with Crippen molar-refractivity contribution < 1.29 is 23.8 Å². The van der Waals surface area contributed by atoms with Crippen LogP contribution in [0.1, 0.15) is 27.3 Å². The number of amides is 2. The van der Waals surface area contributed by atoms with Crippen LogP contribution < -0.4 is 10.1 Å². The molecule has 9 heteroatoms. The van der Waals surface area contributed by atoms with Crippen molar-refractivity contribution in [3.63, 3.8) is 0 Å². The van der Waals surface area contributed by atoms with E-state index in [0.717, 1.165) is 16.8 Å². The quantitative estimate of drug-likeness (QED) is 0.705. The number of nitrogens with zero attached hydrogens (tertiary/aromatic N) is 3. The first-order valence-electron chi connectivity index (χ1n) is 10.6. The number of hydrogen-bond acceptors (Lipinski definition) is 6. The van der Waals surface area contributed by atoms with Crippen molar-refractivity contribution in [3.05, 3.63) is 46.8 Å². The van der Waals surface area contributed by atoms with E-state index in [1.165, 1.54) is 0 Å². The highest BCUT2D eigenvalue weighted by Gasteiger charge is 2.29. The molecule has 2 amide bonds. The molecule has 0 atom stereocenters. The number of carbonyl (C=O) groups is 2. The molecular formula is C22H28N4O5. The van der Waals surface area contributed by atoms with Crippen molar-refractivity contribution in [1.29, 1.82) is 0 Å². The van der Waals surface area contributed by atoms with Crippen LogP contribution >= 0.6 is 0 Å². The minimum absolute atomic E-state index is 0.0464. The summed E-state index contributed by atoms with van der Waals surface area (Å²) in [6, 6.07) is 7.58. The van der Waals surface area contributed by atoms with Crippen LogP contribution in [0, 0.1) is 6.92 Å². The fourth-order valence-corrected chi connectivity index (χ4v) is 3.79. The first-order chi connectivity index (χ1) is 15.1. The number of morpholine rings is 1. The summed E-state index contributed by atoms with van der Waals surface area (Å²) in [5.41, 5.74) is 3.39. The number of benzene rings is 1. The van der Waals surface area contributed by atoms with Gasteiger partial charge in [-0.05, 0) is 24.6 Å². The third kappa shape index (κ3) is 5.23. The fraction of sp³-hybridized carbons (Fsp3) is 0.500. The van der Waals surface area contributed by atoms with Crippen molar-refractivity contribution >= 4 is 11.8 Å². The van der Waals surface area contributed by atoms with E-state index in [1.807, 2.05) is 35.9 Å². The molecule has 2 aromatic rings. The molecule has 1 aromatic heterocycles. The van der Waals surface area contributed by atoms with Gasteiger partial charge in [0.25, 0.3) is 11.8 Å². The summed E-state index contributed by atoms with van der Waals surface area (Å²) in [4.78, 5) is 26.9. The Morgan fingerprint density at radius 1 is 1.19 bits per heavy atom. The van der Waals surface area contributed by atoms with Gasteiger partial charge >= 0.3 is 0 Å². The van der Waals surface area contributed by atoms with Gasteiger partial charge in [0.15, 0.2) is 12.3 Å². The highest BCUT2D eigenvalue weighted by molar-refractivity contribution is 5.94. The standard InChI is InChI=1S/C22H28N4O5/c1-16-3-2-4-17(13-16)31-15-20(27)23-6-7-26-19-5-10-30-14-18(19)21(24-26)22(28)25-8-11-29-12-9-25/h2-4,13H,5-12,14-15H2,1H3,(H,23,27). The van der Waals surface area contributed by atoms with Gasteiger partial charge in [-0.2, -0.15) is 5.10 Å². The van der Waals surface area contributed by atoms with Crippen LogP contribution in [-0.2, 0) is 33.8 Å². The fourth-order valence-electron chi connectivity index (χ4n) is 3.79. The van der Waals surface area contributed by atoms with E-state index in [9.17, 15) is 9.59 Å². The summed E-state index contributed by atoms with van der Waals surface area (Å²) in [5.74, 6) is 0.387. The summed E-state index contributed by atoms with van der Waals surface area (Å²) in [6.45, 7) is 6.01. The summed E-state index contributed by atoms with van der Waals surface area (Å²) < 4.78 is 18.3. The Hall–Kier alpha value is -2.91. The van der Waals surface area contributed by atoms with Gasteiger partial charge in [0.2, 0.25) is 0 Å². The molecule has 9 nitrogen and oxygen atoms in total. The normalized spacial score (nSPS) is 16.0. The van der Waals surface area contributed by atoms with Crippen molar-refractivity contribution in [2.75, 3.05) is 46.1 Å². The molecule has 1 fully saturated rings. The second-order valence-corrected chi connectivity index (χ2v) is 7.66. The topological polar surface area (TPSA) is 94.9 Å². The Balaban J connectivity index is 1.34. The summed E-state index contributed by atoms with van der Waals surface area (Å²) in [6.07, 6.45) is 0.698. The average Bonchev–Trinajstić information content (AvgIpc) is 3.17. The second kappa shape index (κ2) is 9.93. The SMILES string of the molecule is Cc1cccc(OCC(=O)NCCn2nc(C(=O)N3CCOCC3)c3c2CCOC3)c1. The minimum atomic E-state index is -0.199. The lowest BCUT2D eigenvalue weighted by molar-refractivity contribution is -0.123. The number of aryl methyl sites for hydroxylation is 1. The predicted molar refractivity (Wildman–Crippen MR) is 112 cm³/mol. The third-order valence-electron chi connectivity index (χ3n) is 5.40. The van der Waals surface area contributed by atoms with E-state index in [2.05, 4.69) is 10.4 Å². The molecule has 0 aliphatic carbocycles. The molecule has 1 N–H and O–H groups in total. The molecule has 166 valence electrons. The number of carbonyl (C=O) groups excluding carboxylic acids is 2. The van der Waals surface area contributed by atoms with E-state index in [4.69, 9.17) is 14.2 Å². The van der Waals surface area contributed by atoms with E-state index >= 15 is 0 Å². The van der Waals surface area contributed by atoms with Crippen molar-refractivity contribution in [1.82, 2.24) is 20.0 Å². The number of ether oxygens (including phenoxy) is 3. The van der Waals surface area contributed by atoms with Gasteiger partial charge in [-0.15, -0.1) is 0 Å². The van der Waals surface area contributed by atoms with Gasteiger partial charge < -0.3 is 24.4 Å². The number of aromatic nitrogens is 2. The number of rotatable bonds is 7. The van der Waals surface area contributed by atoms with Gasteiger partial charge in [-0.3, -0.25) is 14.3 Å². The molecule has 2 aliphatic rings. The molecule has 3 heterocycles. The smallest absolute Gasteiger partial charge is 0.274 e. The third-order valence-corrected chi connectivity index (χ3v) is 5.40. The van der Waals surface area contributed by atoms with Crippen molar-refractivity contribution in [3.8, 4) is 5.75 Å². The highest BCUT2D eigenvalue weighted by Crippen LogP contribution is 2.22. The molecule has 0 unspecified atom stereocenters. The maximum absolute atomic E-state index is 13.0. The zero-order valence-corrected chi connectivity index (χ0v) is 17.8. The zero-order chi connectivity index (χ0) is 21.6. The molecule has 2 aliphatic heterocycles. The van der Waals surface area contributed by atoms with Gasteiger partial charge in [0.05, 0.1) is 33.0 Å². The van der Waals surface area contributed by atoms with Gasteiger partial charge in [0, 0.05) is 37.3 Å². The lowest BCUT2D eigenvalue weighted by atomic mass is 10.1. The van der Waals surface area contributed by atoms with Crippen LogP contribution in [0.4, 0.5) is 0 Å². The van der Waals surface area contributed by atoms with Gasteiger partial charge in [-0.1, -0.05) is 12.1 Å². The number of fused-ring (bicyclic) bond motifs is 1. The Labute approximate surface area is 181 Å². The minimum Gasteiger partial charge on any atom is -0.484 e. The monoisotopic (exact) mass is 428 g/mol. The summed E-state index contributed by atoms with van der Waals surface area (Å²) >= 11 is 0. The lowest BCUT2D eigenvalue weighted by Crippen LogP contribution is -2.41. The lowest BCUT2D eigenvalue weighted by Gasteiger charge is -2.26. The van der Waals surface area contributed by atoms with Crippen LogP contribution in [0.5, 0.6) is 5.75 Å². The van der Waals surface area contributed by atoms with Crippen molar-refractivity contribution in [2.45, 2.75) is 26.5 Å². The molecule has 1 saturated heterocycles.